The number of fused-ring (bicyclic) bond motifs is 6. The van der Waals surface area contributed by atoms with E-state index in [9.17, 15) is 24.0 Å². The van der Waals surface area contributed by atoms with Gasteiger partial charge >= 0.3 is 12.0 Å². The number of carbonyl (C=O) groups excluding carboxylic acids is 5. The molecule has 3 aliphatic heterocycles. The number of nitrogens with zero attached hydrogens (tertiary/aromatic N) is 6. The molecule has 0 saturated carbocycles. The first-order valence-electron chi connectivity index (χ1n) is 21.9. The molecule has 17 heteroatoms. The summed E-state index contributed by atoms with van der Waals surface area (Å²) in [7, 11) is 4.75. The minimum absolute atomic E-state index is 0.0649. The summed E-state index contributed by atoms with van der Waals surface area (Å²) >= 11 is 1.40. The summed E-state index contributed by atoms with van der Waals surface area (Å²) in [6, 6.07) is 6.48. The molecule has 3 aromatic heterocycles. The van der Waals surface area contributed by atoms with Gasteiger partial charge < -0.3 is 34.5 Å². The van der Waals surface area contributed by atoms with Gasteiger partial charge in [0.05, 0.1) is 34.8 Å². The lowest BCUT2D eigenvalue weighted by Gasteiger charge is -2.43. The molecule has 4 aromatic rings. The van der Waals surface area contributed by atoms with E-state index in [2.05, 4.69) is 65.7 Å². The molecule has 2 fully saturated rings. The van der Waals surface area contributed by atoms with Crippen molar-refractivity contribution in [2.75, 3.05) is 40.9 Å². The van der Waals surface area contributed by atoms with Gasteiger partial charge in [0.2, 0.25) is 11.8 Å². The van der Waals surface area contributed by atoms with Gasteiger partial charge in [0.25, 0.3) is 5.91 Å². The van der Waals surface area contributed by atoms with E-state index in [0.717, 1.165) is 44.7 Å². The number of aryl methyl sites for hydroxylation is 1. The van der Waals surface area contributed by atoms with Gasteiger partial charge in [-0.3, -0.25) is 29.2 Å². The number of likely N-dealkylation sites (tertiary alicyclic amines) is 1. The minimum atomic E-state index is -1.10. The van der Waals surface area contributed by atoms with Crippen LogP contribution < -0.4 is 16.1 Å². The molecule has 6 bridgehead atoms. The van der Waals surface area contributed by atoms with Crippen LogP contribution in [0.2, 0.25) is 0 Å². The Morgan fingerprint density at radius 3 is 2.59 bits per heavy atom. The summed E-state index contributed by atoms with van der Waals surface area (Å²) in [5.74, 6) is -2.02. The van der Waals surface area contributed by atoms with Crippen LogP contribution in [-0.2, 0) is 48.0 Å². The molecule has 16 nitrogen and oxygen atoms in total. The Morgan fingerprint density at radius 2 is 1.90 bits per heavy atom. The number of amides is 5. The molecule has 0 radical (unpaired) electrons. The van der Waals surface area contributed by atoms with E-state index >= 15 is 0 Å². The second kappa shape index (κ2) is 18.8. The van der Waals surface area contributed by atoms with Crippen LogP contribution in [0.25, 0.3) is 33.4 Å². The first-order valence-corrected chi connectivity index (χ1v) is 22.8. The average Bonchev–Trinajstić information content (AvgIpc) is 3.85. The van der Waals surface area contributed by atoms with Crippen LogP contribution in [0.4, 0.5) is 4.79 Å². The van der Waals surface area contributed by atoms with E-state index in [-0.39, 0.29) is 31.0 Å². The van der Waals surface area contributed by atoms with Crippen LogP contribution in [0, 0.1) is 11.3 Å². The summed E-state index contributed by atoms with van der Waals surface area (Å²) in [6.45, 7) is 13.5. The first-order chi connectivity index (χ1) is 30.1. The van der Waals surface area contributed by atoms with Crippen LogP contribution in [0.15, 0.2) is 41.9 Å². The lowest BCUT2D eigenvalue weighted by Crippen LogP contribution is -2.65. The number of cyclic esters (lactones) is 1. The molecule has 338 valence electrons. The number of carbonyl (C=O) groups is 5. The molecule has 6 heterocycles. The standard InChI is InChI=1S/C46H61N9O7S/c1-10-53-35-16-15-28-21-30(35)31(40(53)29-13-11-18-48-38(29)27(4)61-9)23-46(5,6)25-62-44(59)32-14-12-19-55(51-32)43(58)33(22-37-49-34(28)24-63-37)50-42(57)39(26(2)3)52(8)45(60)54-20-17-36(54)41(56)47-7/h11,13,15-16,18,21,24,26-27,32-33,36,39,51H,10,12,14,17,19-20,22-23,25H2,1-9H3,(H,47,56)(H,50,57)/t27-,32-,33-,36+,39?/m0/s1. The predicted octanol–water partition coefficient (Wildman–Crippen LogP) is 5.10. The van der Waals surface area contributed by atoms with Gasteiger partial charge in [0.1, 0.15) is 24.2 Å². The molecule has 5 atom stereocenters. The fraction of sp³-hybridized carbons (Fsp3) is 0.543. The molecule has 5 amide bonds. The van der Waals surface area contributed by atoms with Crippen molar-refractivity contribution < 1.29 is 33.4 Å². The Hall–Kier alpha value is -5.39. The van der Waals surface area contributed by atoms with Crippen LogP contribution in [-0.4, -0.2) is 124 Å². The van der Waals surface area contributed by atoms with Gasteiger partial charge in [0, 0.05) is 86.3 Å². The number of hydrogen-bond donors (Lipinski definition) is 3. The number of thiazole rings is 1. The van der Waals surface area contributed by atoms with Gasteiger partial charge in [-0.2, -0.15) is 0 Å². The summed E-state index contributed by atoms with van der Waals surface area (Å²) in [5, 5.41) is 10.6. The molecule has 2 saturated heterocycles. The number of methoxy groups -OCH3 is 1. The van der Waals surface area contributed by atoms with Crippen LogP contribution in [0.1, 0.15) is 83.2 Å². The lowest BCUT2D eigenvalue weighted by molar-refractivity contribution is -0.155. The zero-order valence-corrected chi connectivity index (χ0v) is 38.6. The Morgan fingerprint density at radius 1 is 1.13 bits per heavy atom. The molecule has 1 aromatic carbocycles. The zero-order valence-electron chi connectivity index (χ0n) is 37.8. The summed E-state index contributed by atoms with van der Waals surface area (Å²) in [5.41, 5.74) is 9.22. The summed E-state index contributed by atoms with van der Waals surface area (Å²) in [4.78, 5) is 81.6. The lowest BCUT2D eigenvalue weighted by atomic mass is 9.84. The highest BCUT2D eigenvalue weighted by Gasteiger charge is 2.43. The Bertz CT molecular complexity index is 2380. The maximum Gasteiger partial charge on any atom is 0.324 e. The molecular weight excluding hydrogens is 823 g/mol. The topological polar surface area (TPSA) is 180 Å². The van der Waals surface area contributed by atoms with Crippen LogP contribution in [0.3, 0.4) is 0 Å². The molecule has 1 unspecified atom stereocenters. The number of likely N-dealkylation sites (N-methyl/N-ethyl adjacent to an activating group) is 2. The van der Waals surface area contributed by atoms with Crippen molar-refractivity contribution in [3.05, 3.63) is 58.2 Å². The molecule has 3 N–H and O–H groups in total. The van der Waals surface area contributed by atoms with E-state index in [0.29, 0.717) is 50.3 Å². The van der Waals surface area contributed by atoms with Crippen molar-refractivity contribution in [3.63, 3.8) is 0 Å². The third-order valence-electron chi connectivity index (χ3n) is 12.6. The monoisotopic (exact) mass is 883 g/mol. The van der Waals surface area contributed by atoms with E-state index in [1.165, 1.54) is 33.2 Å². The highest BCUT2D eigenvalue weighted by Crippen LogP contribution is 2.42. The van der Waals surface area contributed by atoms with E-state index in [4.69, 9.17) is 19.4 Å². The summed E-state index contributed by atoms with van der Waals surface area (Å²) in [6.07, 6.45) is 3.70. The summed E-state index contributed by atoms with van der Waals surface area (Å²) < 4.78 is 14.2. The smallest absolute Gasteiger partial charge is 0.324 e. The Labute approximate surface area is 373 Å². The van der Waals surface area contributed by atoms with Crippen molar-refractivity contribution in [2.45, 2.75) is 110 Å². The third-order valence-corrected chi connectivity index (χ3v) is 13.5. The third kappa shape index (κ3) is 9.18. The number of hydrogen-bond acceptors (Lipinski definition) is 11. The second-order valence-corrected chi connectivity index (χ2v) is 18.9. The Balaban J connectivity index is 1.28. The number of esters is 1. The number of pyridine rings is 1. The highest BCUT2D eigenvalue weighted by atomic mass is 32.1. The van der Waals surface area contributed by atoms with Crippen molar-refractivity contribution in [1.82, 2.24) is 45.4 Å². The maximum atomic E-state index is 14.6. The van der Waals surface area contributed by atoms with Gasteiger partial charge in [0.15, 0.2) is 0 Å². The number of rotatable bonds is 9. The molecule has 63 heavy (non-hydrogen) atoms. The van der Waals surface area contributed by atoms with Gasteiger partial charge in [-0.25, -0.2) is 15.2 Å². The Kier molecular flexibility index (Phi) is 13.6. The minimum Gasteiger partial charge on any atom is -0.464 e. The molecule has 0 spiro atoms. The number of nitrogens with one attached hydrogen (secondary N) is 3. The number of urea groups is 1. The molecular formula is C46H61N9O7S. The largest absolute Gasteiger partial charge is 0.464 e. The number of ether oxygens (including phenoxy) is 2. The second-order valence-electron chi connectivity index (χ2n) is 18.0. The van der Waals surface area contributed by atoms with Crippen LogP contribution in [0.5, 0.6) is 0 Å². The van der Waals surface area contributed by atoms with Crippen molar-refractivity contribution in [1.29, 1.82) is 0 Å². The van der Waals surface area contributed by atoms with Crippen molar-refractivity contribution >= 4 is 52.0 Å². The SMILES string of the molecule is CCn1c(-c2cccnc2[C@H](C)OC)c2c3cc(ccc31)-c1csc(n1)C[C@H](NC(=O)C(C(C)C)N(C)C(=O)N1CC[C@@H]1C(=O)NC)C(=O)N1CCC[C@H](N1)C(=O)OCC(C)(C)C2. The van der Waals surface area contributed by atoms with Gasteiger partial charge in [-0.1, -0.05) is 33.8 Å². The average molecular weight is 884 g/mol. The molecule has 7 rings (SSSR count). The van der Waals surface area contributed by atoms with E-state index in [1.54, 1.807) is 20.4 Å². The predicted molar refractivity (Wildman–Crippen MR) is 240 cm³/mol. The number of hydrazine groups is 1. The highest BCUT2D eigenvalue weighted by molar-refractivity contribution is 7.10. The number of aromatic nitrogens is 3. The molecule has 0 aliphatic carbocycles. The normalized spacial score (nSPS) is 21.3. The maximum absolute atomic E-state index is 14.6. The number of benzene rings is 1. The molecule has 3 aliphatic rings. The first kappa shape index (κ1) is 45.6. The van der Waals surface area contributed by atoms with E-state index < -0.39 is 53.4 Å². The van der Waals surface area contributed by atoms with Gasteiger partial charge in [-0.15, -0.1) is 11.3 Å². The van der Waals surface area contributed by atoms with Crippen molar-refractivity contribution in [3.8, 4) is 22.5 Å². The van der Waals surface area contributed by atoms with Gasteiger partial charge in [-0.05, 0) is 75.3 Å². The fourth-order valence-corrected chi connectivity index (χ4v) is 9.97. The van der Waals surface area contributed by atoms with Crippen molar-refractivity contribution in [2.24, 2.45) is 11.3 Å². The zero-order chi connectivity index (χ0) is 45.3. The quantitative estimate of drug-likeness (QED) is 0.192. The van der Waals surface area contributed by atoms with E-state index in [1.807, 2.05) is 32.2 Å². The fourth-order valence-electron chi connectivity index (χ4n) is 9.12. The van der Waals surface area contributed by atoms with Crippen LogP contribution >= 0.6 is 11.3 Å².